The molecule has 1 aliphatic rings. The number of hydrogen-bond acceptors (Lipinski definition) is 1. The Kier molecular flexibility index (Phi) is 1.77. The highest BCUT2D eigenvalue weighted by Gasteiger charge is 2.20. The lowest BCUT2D eigenvalue weighted by Crippen LogP contribution is -2.16. The van der Waals surface area contributed by atoms with Crippen LogP contribution in [0.2, 0.25) is 5.02 Å². The quantitative estimate of drug-likeness (QED) is 0.699. The fraction of sp³-hybridized carbons (Fsp3) is 0.364. The third-order valence-corrected chi connectivity index (χ3v) is 3.20. The van der Waals surface area contributed by atoms with E-state index in [0.717, 1.165) is 11.0 Å². The Hall–Kier alpha value is -1.02. The molecule has 0 N–H and O–H groups in total. The van der Waals surface area contributed by atoms with E-state index in [9.17, 15) is 0 Å². The molecular formula is C11H11ClN2. The lowest BCUT2D eigenvalue weighted by atomic mass is 9.93. The van der Waals surface area contributed by atoms with E-state index in [4.69, 9.17) is 11.6 Å². The monoisotopic (exact) mass is 206 g/mol. The third kappa shape index (κ3) is 1.14. The molecule has 0 aromatic carbocycles. The van der Waals surface area contributed by atoms with Crippen molar-refractivity contribution < 1.29 is 0 Å². The van der Waals surface area contributed by atoms with E-state index in [0.29, 0.717) is 11.1 Å². The maximum atomic E-state index is 5.88. The summed E-state index contributed by atoms with van der Waals surface area (Å²) in [5, 5.41) is 1.85. The minimum absolute atomic E-state index is 0.668. The highest BCUT2D eigenvalue weighted by Crippen LogP contribution is 2.34. The van der Waals surface area contributed by atoms with Gasteiger partial charge >= 0.3 is 0 Å². The van der Waals surface area contributed by atoms with Crippen molar-refractivity contribution in [1.82, 2.24) is 9.55 Å². The van der Waals surface area contributed by atoms with Crippen molar-refractivity contribution in [3.05, 3.63) is 29.5 Å². The van der Waals surface area contributed by atoms with Crippen molar-refractivity contribution in [1.29, 1.82) is 0 Å². The van der Waals surface area contributed by atoms with E-state index in [1.807, 2.05) is 6.07 Å². The minimum atomic E-state index is 0.668. The molecule has 0 amide bonds. The molecule has 0 saturated heterocycles. The topological polar surface area (TPSA) is 17.8 Å². The molecular weight excluding hydrogens is 196 g/mol. The molecule has 2 aromatic rings. The Bertz CT molecular complexity index is 471. The summed E-state index contributed by atoms with van der Waals surface area (Å²) in [5.74, 6) is 0. The molecule has 14 heavy (non-hydrogen) atoms. The van der Waals surface area contributed by atoms with Crippen molar-refractivity contribution in [2.24, 2.45) is 0 Å². The van der Waals surface area contributed by atoms with Crippen LogP contribution >= 0.6 is 11.6 Å². The lowest BCUT2D eigenvalue weighted by Gasteiger charge is -2.27. The normalized spacial score (nSPS) is 17.2. The van der Waals surface area contributed by atoms with Crippen LogP contribution in [0.1, 0.15) is 25.3 Å². The Morgan fingerprint density at radius 3 is 3.00 bits per heavy atom. The van der Waals surface area contributed by atoms with Gasteiger partial charge in [0.2, 0.25) is 0 Å². The predicted molar refractivity (Wildman–Crippen MR) is 57.6 cm³/mol. The molecule has 0 radical (unpaired) electrons. The first kappa shape index (κ1) is 8.30. The van der Waals surface area contributed by atoms with Gasteiger partial charge in [-0.2, -0.15) is 0 Å². The number of halogens is 1. The van der Waals surface area contributed by atoms with Crippen molar-refractivity contribution in [2.75, 3.05) is 0 Å². The number of hydrogen-bond donors (Lipinski definition) is 0. The van der Waals surface area contributed by atoms with Crippen LogP contribution in [0.25, 0.3) is 11.0 Å². The van der Waals surface area contributed by atoms with Gasteiger partial charge in [-0.05, 0) is 31.4 Å². The predicted octanol–water partition coefficient (Wildman–Crippen LogP) is 3.41. The second-order valence-corrected chi connectivity index (χ2v) is 4.31. The smallest absolute Gasteiger partial charge is 0.140 e. The Labute approximate surface area is 87.5 Å². The van der Waals surface area contributed by atoms with Gasteiger partial charge in [0.1, 0.15) is 5.65 Å². The van der Waals surface area contributed by atoms with Crippen LogP contribution in [0.5, 0.6) is 0 Å². The van der Waals surface area contributed by atoms with E-state index in [1.165, 1.54) is 19.3 Å². The van der Waals surface area contributed by atoms with E-state index in [1.54, 1.807) is 6.20 Å². The number of pyridine rings is 1. The van der Waals surface area contributed by atoms with Crippen LogP contribution < -0.4 is 0 Å². The lowest BCUT2D eigenvalue weighted by molar-refractivity contribution is 0.320. The number of nitrogens with zero attached hydrogens (tertiary/aromatic N) is 2. The van der Waals surface area contributed by atoms with Gasteiger partial charge in [0, 0.05) is 23.8 Å². The maximum Gasteiger partial charge on any atom is 0.140 e. The summed E-state index contributed by atoms with van der Waals surface area (Å²) in [5.41, 5.74) is 1.07. The van der Waals surface area contributed by atoms with E-state index in [-0.39, 0.29) is 0 Å². The zero-order valence-corrected chi connectivity index (χ0v) is 8.54. The van der Waals surface area contributed by atoms with Gasteiger partial charge in [-0.1, -0.05) is 11.6 Å². The summed E-state index contributed by atoms with van der Waals surface area (Å²) in [6.45, 7) is 0. The van der Waals surface area contributed by atoms with Gasteiger partial charge in [0.05, 0.1) is 5.02 Å². The van der Waals surface area contributed by atoms with E-state index in [2.05, 4.69) is 21.8 Å². The number of aromatic nitrogens is 2. The Morgan fingerprint density at radius 2 is 2.29 bits per heavy atom. The number of rotatable bonds is 1. The molecule has 2 heterocycles. The first-order chi connectivity index (χ1) is 6.84. The van der Waals surface area contributed by atoms with Crippen LogP contribution in [0.15, 0.2) is 24.5 Å². The molecule has 0 atom stereocenters. The van der Waals surface area contributed by atoms with Crippen molar-refractivity contribution in [2.45, 2.75) is 25.3 Å². The van der Waals surface area contributed by atoms with Crippen molar-refractivity contribution in [3.8, 4) is 0 Å². The Morgan fingerprint density at radius 1 is 1.43 bits per heavy atom. The first-order valence-electron chi connectivity index (χ1n) is 4.97. The molecule has 0 unspecified atom stereocenters. The second-order valence-electron chi connectivity index (χ2n) is 3.87. The molecule has 1 saturated carbocycles. The molecule has 0 spiro atoms. The molecule has 1 fully saturated rings. The summed E-state index contributed by atoms with van der Waals surface area (Å²) in [4.78, 5) is 4.37. The molecule has 0 aliphatic heterocycles. The average Bonchev–Trinajstić information content (AvgIpc) is 2.45. The van der Waals surface area contributed by atoms with Gasteiger partial charge in [-0.25, -0.2) is 4.98 Å². The van der Waals surface area contributed by atoms with Crippen LogP contribution in [-0.4, -0.2) is 9.55 Å². The van der Waals surface area contributed by atoms with E-state index >= 15 is 0 Å². The zero-order valence-electron chi connectivity index (χ0n) is 7.78. The summed E-state index contributed by atoms with van der Waals surface area (Å²) < 4.78 is 2.27. The van der Waals surface area contributed by atoms with Crippen LogP contribution in [-0.2, 0) is 0 Å². The molecule has 1 aliphatic carbocycles. The van der Waals surface area contributed by atoms with Gasteiger partial charge in [-0.15, -0.1) is 0 Å². The molecule has 2 aromatic heterocycles. The van der Waals surface area contributed by atoms with Gasteiger partial charge in [0.25, 0.3) is 0 Å². The molecule has 2 nitrogen and oxygen atoms in total. The summed E-state index contributed by atoms with van der Waals surface area (Å²) in [7, 11) is 0. The van der Waals surface area contributed by atoms with Crippen LogP contribution in [0.4, 0.5) is 0 Å². The minimum Gasteiger partial charge on any atom is -0.329 e. The molecule has 3 heteroatoms. The summed E-state index contributed by atoms with van der Waals surface area (Å²) >= 11 is 5.88. The maximum absolute atomic E-state index is 5.88. The van der Waals surface area contributed by atoms with Crippen LogP contribution in [0, 0.1) is 0 Å². The largest absolute Gasteiger partial charge is 0.329 e. The average molecular weight is 207 g/mol. The summed E-state index contributed by atoms with van der Waals surface area (Å²) in [6.07, 6.45) is 7.76. The van der Waals surface area contributed by atoms with Gasteiger partial charge in [0.15, 0.2) is 0 Å². The fourth-order valence-electron chi connectivity index (χ4n) is 1.98. The van der Waals surface area contributed by atoms with Gasteiger partial charge in [-0.3, -0.25) is 0 Å². The first-order valence-corrected chi connectivity index (χ1v) is 5.34. The standard InChI is InChI=1S/C11H11ClN2/c12-9-6-8-4-5-14(10-2-1-3-10)11(8)13-7-9/h4-7,10H,1-3H2. The fourth-order valence-corrected chi connectivity index (χ4v) is 2.14. The van der Waals surface area contributed by atoms with E-state index < -0.39 is 0 Å². The summed E-state index contributed by atoms with van der Waals surface area (Å²) in [6, 6.07) is 4.73. The second kappa shape index (κ2) is 2.99. The van der Waals surface area contributed by atoms with Gasteiger partial charge < -0.3 is 4.57 Å². The molecule has 0 bridgehead atoms. The SMILES string of the molecule is Clc1cnc2c(ccn2C2CCC2)c1. The third-order valence-electron chi connectivity index (χ3n) is 2.99. The highest BCUT2D eigenvalue weighted by atomic mass is 35.5. The van der Waals surface area contributed by atoms with Crippen molar-refractivity contribution in [3.63, 3.8) is 0 Å². The molecule has 3 rings (SSSR count). The van der Waals surface area contributed by atoms with Crippen LogP contribution in [0.3, 0.4) is 0 Å². The number of fused-ring (bicyclic) bond motifs is 1. The zero-order chi connectivity index (χ0) is 9.54. The van der Waals surface area contributed by atoms with Crippen molar-refractivity contribution >= 4 is 22.6 Å². The molecule has 72 valence electrons. The highest BCUT2D eigenvalue weighted by molar-refractivity contribution is 6.31. The Balaban J connectivity index is 2.16.